The minimum absolute atomic E-state index is 0.0550. The number of nitrogens with one attached hydrogen (secondary N) is 1. The van der Waals surface area contributed by atoms with Crippen LogP contribution in [0.4, 0.5) is 4.39 Å². The zero-order valence-electron chi connectivity index (χ0n) is 9.93. The lowest BCUT2D eigenvalue weighted by atomic mass is 10.1. The van der Waals surface area contributed by atoms with Crippen LogP contribution in [0.3, 0.4) is 0 Å². The maximum atomic E-state index is 13.5. The van der Waals surface area contributed by atoms with Crippen molar-refractivity contribution in [2.24, 2.45) is 5.41 Å². The molecule has 0 unspecified atom stereocenters. The van der Waals surface area contributed by atoms with Crippen molar-refractivity contribution in [3.05, 3.63) is 34.6 Å². The van der Waals surface area contributed by atoms with Gasteiger partial charge in [-0.1, -0.05) is 18.5 Å². The Labute approximate surface area is 109 Å². The minimum Gasteiger partial charge on any atom is -0.348 e. The molecule has 5 heteroatoms. The smallest absolute Gasteiger partial charge is 0.226 e. The molecule has 0 radical (unpaired) electrons. The van der Waals surface area contributed by atoms with Gasteiger partial charge in [-0.05, 0) is 31.0 Å². The van der Waals surface area contributed by atoms with E-state index in [1.807, 2.05) is 6.92 Å². The van der Waals surface area contributed by atoms with E-state index in [2.05, 4.69) is 5.32 Å². The Kier molecular flexibility index (Phi) is 3.39. The summed E-state index contributed by atoms with van der Waals surface area (Å²) >= 11 is 5.60. The lowest BCUT2D eigenvalue weighted by Gasteiger charge is -2.09. The van der Waals surface area contributed by atoms with Crippen LogP contribution in [-0.2, 0) is 4.79 Å². The van der Waals surface area contributed by atoms with Gasteiger partial charge in [0.05, 0.1) is 12.1 Å². The molecular formula is C13H13ClFNO2. The molecule has 1 aromatic rings. The molecule has 1 N–H and O–H groups in total. The summed E-state index contributed by atoms with van der Waals surface area (Å²) in [6.07, 6.45) is 1.67. The fourth-order valence-electron chi connectivity index (χ4n) is 1.60. The summed E-state index contributed by atoms with van der Waals surface area (Å²) in [5, 5.41) is 2.77. The Balaban J connectivity index is 1.97. The van der Waals surface area contributed by atoms with Crippen molar-refractivity contribution in [2.45, 2.75) is 19.8 Å². The number of ketones is 1. The van der Waals surface area contributed by atoms with Gasteiger partial charge in [0.15, 0.2) is 5.78 Å². The highest BCUT2D eigenvalue weighted by molar-refractivity contribution is 6.30. The van der Waals surface area contributed by atoms with E-state index in [0.717, 1.165) is 18.9 Å². The first-order valence-corrected chi connectivity index (χ1v) is 6.07. The fraction of sp³-hybridized carbons (Fsp3) is 0.385. The average Bonchev–Trinajstić information content (AvgIpc) is 3.05. The van der Waals surface area contributed by atoms with E-state index in [4.69, 9.17) is 11.6 Å². The van der Waals surface area contributed by atoms with Gasteiger partial charge < -0.3 is 5.32 Å². The van der Waals surface area contributed by atoms with Crippen molar-refractivity contribution >= 4 is 23.3 Å². The molecule has 0 aromatic heterocycles. The molecule has 1 saturated carbocycles. The maximum absolute atomic E-state index is 13.5. The van der Waals surface area contributed by atoms with Gasteiger partial charge in [-0.2, -0.15) is 0 Å². The van der Waals surface area contributed by atoms with Crippen molar-refractivity contribution in [3.63, 3.8) is 0 Å². The standard InChI is InChI=1S/C13H13ClFNO2/c1-13(4-5-13)12(18)16-7-11(17)9-3-2-8(14)6-10(9)15/h2-3,6H,4-5,7H2,1H3,(H,16,18). The Morgan fingerprint density at radius 3 is 2.67 bits per heavy atom. The van der Waals surface area contributed by atoms with Crippen molar-refractivity contribution in [1.82, 2.24) is 5.32 Å². The summed E-state index contributed by atoms with van der Waals surface area (Å²) in [5.74, 6) is -1.27. The molecule has 2 rings (SSSR count). The number of rotatable bonds is 4. The predicted octanol–water partition coefficient (Wildman–Crippen LogP) is 2.58. The SMILES string of the molecule is CC1(C(=O)NCC(=O)c2ccc(Cl)cc2F)CC1. The number of benzene rings is 1. The molecule has 0 bridgehead atoms. The highest BCUT2D eigenvalue weighted by Crippen LogP contribution is 2.44. The maximum Gasteiger partial charge on any atom is 0.226 e. The van der Waals surface area contributed by atoms with Gasteiger partial charge in [-0.3, -0.25) is 9.59 Å². The third kappa shape index (κ3) is 2.70. The number of hydrogen-bond acceptors (Lipinski definition) is 2. The van der Waals surface area contributed by atoms with Crippen LogP contribution in [0.5, 0.6) is 0 Å². The fourth-order valence-corrected chi connectivity index (χ4v) is 1.76. The van der Waals surface area contributed by atoms with Crippen LogP contribution >= 0.6 is 11.6 Å². The van der Waals surface area contributed by atoms with E-state index < -0.39 is 11.6 Å². The average molecular weight is 270 g/mol. The largest absolute Gasteiger partial charge is 0.348 e. The lowest BCUT2D eigenvalue weighted by Crippen LogP contribution is -2.34. The van der Waals surface area contributed by atoms with Crippen LogP contribution in [-0.4, -0.2) is 18.2 Å². The molecule has 0 spiro atoms. The van der Waals surface area contributed by atoms with Crippen LogP contribution in [0.1, 0.15) is 30.1 Å². The van der Waals surface area contributed by atoms with Crippen molar-refractivity contribution in [2.75, 3.05) is 6.54 Å². The Morgan fingerprint density at radius 1 is 1.44 bits per heavy atom. The van der Waals surface area contributed by atoms with Gasteiger partial charge in [0.1, 0.15) is 5.82 Å². The Bertz CT molecular complexity index is 512. The van der Waals surface area contributed by atoms with Crippen LogP contribution in [0, 0.1) is 11.2 Å². The van der Waals surface area contributed by atoms with Crippen LogP contribution < -0.4 is 5.32 Å². The van der Waals surface area contributed by atoms with E-state index >= 15 is 0 Å². The molecule has 1 fully saturated rings. The second-order valence-electron chi connectivity index (χ2n) is 4.79. The molecule has 96 valence electrons. The highest BCUT2D eigenvalue weighted by Gasteiger charge is 2.44. The van der Waals surface area contributed by atoms with Gasteiger partial charge in [0.25, 0.3) is 0 Å². The third-order valence-electron chi connectivity index (χ3n) is 3.19. The number of Topliss-reactive ketones (excluding diaryl/α,β-unsaturated/α-hetero) is 1. The summed E-state index contributed by atoms with van der Waals surface area (Å²) < 4.78 is 13.5. The summed E-state index contributed by atoms with van der Waals surface area (Å²) in [6, 6.07) is 3.85. The van der Waals surface area contributed by atoms with Crippen molar-refractivity contribution in [3.8, 4) is 0 Å². The monoisotopic (exact) mass is 269 g/mol. The highest BCUT2D eigenvalue weighted by atomic mass is 35.5. The summed E-state index contributed by atoms with van der Waals surface area (Å²) in [5.41, 5.74) is -0.389. The molecule has 0 aliphatic heterocycles. The van der Waals surface area contributed by atoms with Crippen molar-refractivity contribution < 1.29 is 14.0 Å². The Morgan fingerprint density at radius 2 is 2.11 bits per heavy atom. The molecule has 3 nitrogen and oxygen atoms in total. The number of hydrogen-bond donors (Lipinski definition) is 1. The molecule has 18 heavy (non-hydrogen) atoms. The minimum atomic E-state index is -0.667. The summed E-state index contributed by atoms with van der Waals surface area (Å²) in [6.45, 7) is 1.66. The molecule has 0 atom stereocenters. The molecule has 0 heterocycles. The molecule has 1 amide bonds. The zero-order chi connectivity index (χ0) is 13.3. The molecule has 1 aliphatic carbocycles. The van der Waals surface area contributed by atoms with Crippen LogP contribution in [0.2, 0.25) is 5.02 Å². The lowest BCUT2D eigenvalue weighted by molar-refractivity contribution is -0.125. The predicted molar refractivity (Wildman–Crippen MR) is 66.1 cm³/mol. The van der Waals surface area contributed by atoms with Crippen LogP contribution in [0.15, 0.2) is 18.2 Å². The second kappa shape index (κ2) is 4.69. The van der Waals surface area contributed by atoms with Gasteiger partial charge in [0.2, 0.25) is 5.91 Å². The van der Waals surface area contributed by atoms with Crippen molar-refractivity contribution in [1.29, 1.82) is 0 Å². The first-order valence-electron chi connectivity index (χ1n) is 5.69. The molecule has 1 aromatic carbocycles. The summed E-state index contributed by atoms with van der Waals surface area (Å²) in [7, 11) is 0. The molecular weight excluding hydrogens is 257 g/mol. The first-order chi connectivity index (χ1) is 8.42. The van der Waals surface area contributed by atoms with Gasteiger partial charge in [0, 0.05) is 10.4 Å². The topological polar surface area (TPSA) is 46.2 Å². The van der Waals surface area contributed by atoms with Gasteiger partial charge >= 0.3 is 0 Å². The van der Waals surface area contributed by atoms with Gasteiger partial charge in [-0.25, -0.2) is 4.39 Å². The summed E-state index contributed by atoms with van der Waals surface area (Å²) in [4.78, 5) is 23.4. The van der Waals surface area contributed by atoms with E-state index in [1.54, 1.807) is 0 Å². The van der Waals surface area contributed by atoms with E-state index in [0.29, 0.717) is 0 Å². The number of carbonyl (C=O) groups is 2. The van der Waals surface area contributed by atoms with E-state index in [1.165, 1.54) is 12.1 Å². The third-order valence-corrected chi connectivity index (χ3v) is 3.42. The normalized spacial score (nSPS) is 16.2. The van der Waals surface area contributed by atoms with Gasteiger partial charge in [-0.15, -0.1) is 0 Å². The molecule has 0 saturated heterocycles. The first kappa shape index (κ1) is 13.0. The van der Waals surface area contributed by atoms with Crippen LogP contribution in [0.25, 0.3) is 0 Å². The quantitative estimate of drug-likeness (QED) is 0.854. The number of halogens is 2. The second-order valence-corrected chi connectivity index (χ2v) is 5.23. The Hall–Kier alpha value is -1.42. The van der Waals surface area contributed by atoms with E-state index in [-0.39, 0.29) is 28.5 Å². The zero-order valence-corrected chi connectivity index (χ0v) is 10.7. The number of carbonyl (C=O) groups excluding carboxylic acids is 2. The van der Waals surface area contributed by atoms with E-state index in [9.17, 15) is 14.0 Å². The molecule has 1 aliphatic rings. The number of amides is 1.